The zero-order valence-electron chi connectivity index (χ0n) is 12.0. The largest absolute Gasteiger partial charge is 0.311 e. The molecule has 1 unspecified atom stereocenters. The molecule has 1 aliphatic heterocycles. The number of nitrogens with one attached hydrogen (secondary N) is 1. The molecule has 21 heavy (non-hydrogen) atoms. The molecule has 1 saturated heterocycles. The maximum absolute atomic E-state index is 4.25. The third-order valence-electron chi connectivity index (χ3n) is 3.83. The lowest BCUT2D eigenvalue weighted by molar-refractivity contribution is 0.191. The Balaban J connectivity index is 1.58. The molecule has 3 nitrogen and oxygen atoms in total. The lowest BCUT2D eigenvalue weighted by Crippen LogP contribution is -2.51. The molecule has 2 heterocycles. The molecule has 110 valence electrons. The van der Waals surface area contributed by atoms with E-state index in [-0.39, 0.29) is 0 Å². The van der Waals surface area contributed by atoms with Crippen molar-refractivity contribution in [2.45, 2.75) is 19.0 Å². The van der Waals surface area contributed by atoms with Crippen LogP contribution in [0.4, 0.5) is 0 Å². The summed E-state index contributed by atoms with van der Waals surface area (Å²) in [6.07, 6.45) is 4.88. The van der Waals surface area contributed by atoms with Crippen LogP contribution in [0.2, 0.25) is 0 Å². The van der Waals surface area contributed by atoms with Gasteiger partial charge in [-0.15, -0.1) is 0 Å². The molecule has 0 saturated carbocycles. The quantitative estimate of drug-likeness (QED) is 0.923. The van der Waals surface area contributed by atoms with Gasteiger partial charge in [-0.25, -0.2) is 0 Å². The predicted molar refractivity (Wildman–Crippen MR) is 89.2 cm³/mol. The molecule has 0 aliphatic carbocycles. The van der Waals surface area contributed by atoms with Gasteiger partial charge in [0.15, 0.2) is 0 Å². The molecule has 1 fully saturated rings. The SMILES string of the molecule is Brc1cncc(CN2CCNC(Cc3ccccc3)C2)c1. The number of aromatic nitrogens is 1. The van der Waals surface area contributed by atoms with Crippen molar-refractivity contribution in [1.29, 1.82) is 0 Å². The fraction of sp³-hybridized carbons (Fsp3) is 0.353. The van der Waals surface area contributed by atoms with Crippen LogP contribution in [0.3, 0.4) is 0 Å². The van der Waals surface area contributed by atoms with Crippen LogP contribution in [0, 0.1) is 0 Å². The molecule has 1 aromatic carbocycles. The van der Waals surface area contributed by atoms with Crippen molar-refractivity contribution in [3.8, 4) is 0 Å². The molecule has 0 spiro atoms. The number of hydrogen-bond donors (Lipinski definition) is 1. The van der Waals surface area contributed by atoms with Crippen LogP contribution >= 0.6 is 15.9 Å². The highest BCUT2D eigenvalue weighted by Crippen LogP contribution is 2.14. The predicted octanol–water partition coefficient (Wildman–Crippen LogP) is 2.86. The van der Waals surface area contributed by atoms with Gasteiger partial charge < -0.3 is 5.32 Å². The van der Waals surface area contributed by atoms with E-state index in [1.165, 1.54) is 11.1 Å². The minimum absolute atomic E-state index is 0.529. The number of nitrogens with zero attached hydrogens (tertiary/aromatic N) is 2. The zero-order chi connectivity index (χ0) is 14.5. The first kappa shape index (κ1) is 14.7. The summed E-state index contributed by atoms with van der Waals surface area (Å²) < 4.78 is 1.05. The summed E-state index contributed by atoms with van der Waals surface area (Å²) in [7, 11) is 0. The van der Waals surface area contributed by atoms with E-state index in [2.05, 4.69) is 67.5 Å². The Hall–Kier alpha value is -1.23. The van der Waals surface area contributed by atoms with Gasteiger partial charge in [-0.3, -0.25) is 9.88 Å². The molecule has 0 amide bonds. The first-order chi connectivity index (χ1) is 10.3. The molecule has 4 heteroatoms. The van der Waals surface area contributed by atoms with Gasteiger partial charge in [0.25, 0.3) is 0 Å². The first-order valence-electron chi connectivity index (χ1n) is 7.39. The third kappa shape index (κ3) is 4.37. The monoisotopic (exact) mass is 345 g/mol. The maximum Gasteiger partial charge on any atom is 0.0410 e. The molecule has 2 aromatic rings. The van der Waals surface area contributed by atoms with E-state index in [0.29, 0.717) is 6.04 Å². The lowest BCUT2D eigenvalue weighted by Gasteiger charge is -2.33. The van der Waals surface area contributed by atoms with Crippen molar-refractivity contribution in [3.05, 3.63) is 64.4 Å². The van der Waals surface area contributed by atoms with Gasteiger partial charge in [-0.05, 0) is 39.5 Å². The Morgan fingerprint density at radius 2 is 2.05 bits per heavy atom. The molecule has 1 atom stereocenters. The minimum atomic E-state index is 0.529. The van der Waals surface area contributed by atoms with Crippen LogP contribution in [0.5, 0.6) is 0 Å². The third-order valence-corrected chi connectivity index (χ3v) is 4.27. The van der Waals surface area contributed by atoms with Crippen molar-refractivity contribution in [2.24, 2.45) is 0 Å². The first-order valence-corrected chi connectivity index (χ1v) is 8.18. The summed E-state index contributed by atoms with van der Waals surface area (Å²) in [6, 6.07) is 13.4. The van der Waals surface area contributed by atoms with Crippen LogP contribution in [0.25, 0.3) is 0 Å². The van der Waals surface area contributed by atoms with E-state index in [9.17, 15) is 0 Å². The standard InChI is InChI=1S/C17H20BrN3/c18-16-8-15(10-19-11-16)12-21-7-6-20-17(13-21)9-14-4-2-1-3-5-14/h1-5,8,10-11,17,20H,6-7,9,12-13H2. The molecule has 0 radical (unpaired) electrons. The van der Waals surface area contributed by atoms with Crippen molar-refractivity contribution in [3.63, 3.8) is 0 Å². The van der Waals surface area contributed by atoms with Crippen molar-refractivity contribution < 1.29 is 0 Å². The van der Waals surface area contributed by atoms with Crippen molar-refractivity contribution in [2.75, 3.05) is 19.6 Å². The fourth-order valence-corrected chi connectivity index (χ4v) is 3.29. The number of halogens is 1. The van der Waals surface area contributed by atoms with Gasteiger partial charge in [0.1, 0.15) is 0 Å². The van der Waals surface area contributed by atoms with E-state index in [1.807, 2.05) is 12.4 Å². The highest BCUT2D eigenvalue weighted by atomic mass is 79.9. The topological polar surface area (TPSA) is 28.2 Å². The molecular weight excluding hydrogens is 326 g/mol. The van der Waals surface area contributed by atoms with E-state index < -0.39 is 0 Å². The van der Waals surface area contributed by atoms with Crippen LogP contribution in [0.1, 0.15) is 11.1 Å². The lowest BCUT2D eigenvalue weighted by atomic mass is 10.0. The Morgan fingerprint density at radius 3 is 2.86 bits per heavy atom. The number of hydrogen-bond acceptors (Lipinski definition) is 3. The normalized spacial score (nSPS) is 19.6. The fourth-order valence-electron chi connectivity index (χ4n) is 2.87. The summed E-state index contributed by atoms with van der Waals surface area (Å²) in [5.41, 5.74) is 2.67. The molecule has 1 N–H and O–H groups in total. The minimum Gasteiger partial charge on any atom is -0.311 e. The van der Waals surface area contributed by atoms with Crippen molar-refractivity contribution in [1.82, 2.24) is 15.2 Å². The van der Waals surface area contributed by atoms with Crippen molar-refractivity contribution >= 4 is 15.9 Å². The zero-order valence-corrected chi connectivity index (χ0v) is 13.6. The summed E-state index contributed by atoms with van der Waals surface area (Å²) in [5.74, 6) is 0. The number of benzene rings is 1. The summed E-state index contributed by atoms with van der Waals surface area (Å²) in [6.45, 7) is 4.21. The van der Waals surface area contributed by atoms with Crippen LogP contribution in [-0.4, -0.2) is 35.6 Å². The average Bonchev–Trinajstić information content (AvgIpc) is 2.49. The van der Waals surface area contributed by atoms with Crippen LogP contribution < -0.4 is 5.32 Å². The van der Waals surface area contributed by atoms with Gasteiger partial charge in [0.2, 0.25) is 0 Å². The molecule has 0 bridgehead atoms. The summed E-state index contributed by atoms with van der Waals surface area (Å²) in [5, 5.41) is 3.63. The van der Waals surface area contributed by atoms with Gasteiger partial charge in [-0.1, -0.05) is 30.3 Å². The van der Waals surface area contributed by atoms with E-state index in [4.69, 9.17) is 0 Å². The van der Waals surface area contributed by atoms with Gasteiger partial charge in [0, 0.05) is 49.1 Å². The second kappa shape index (κ2) is 7.16. The Morgan fingerprint density at radius 1 is 1.19 bits per heavy atom. The van der Waals surface area contributed by atoms with Gasteiger partial charge >= 0.3 is 0 Å². The second-order valence-electron chi connectivity index (χ2n) is 5.59. The summed E-state index contributed by atoms with van der Waals surface area (Å²) >= 11 is 3.49. The molecule has 1 aromatic heterocycles. The molecular formula is C17H20BrN3. The molecule has 1 aliphatic rings. The maximum atomic E-state index is 4.25. The van der Waals surface area contributed by atoms with E-state index >= 15 is 0 Å². The van der Waals surface area contributed by atoms with Crippen LogP contribution in [-0.2, 0) is 13.0 Å². The van der Waals surface area contributed by atoms with E-state index in [1.54, 1.807) is 0 Å². The van der Waals surface area contributed by atoms with Crippen LogP contribution in [0.15, 0.2) is 53.3 Å². The number of rotatable bonds is 4. The average molecular weight is 346 g/mol. The number of piperazine rings is 1. The highest BCUT2D eigenvalue weighted by molar-refractivity contribution is 9.10. The summed E-state index contributed by atoms with van der Waals surface area (Å²) in [4.78, 5) is 6.75. The highest BCUT2D eigenvalue weighted by Gasteiger charge is 2.19. The van der Waals surface area contributed by atoms with E-state index in [0.717, 1.165) is 37.1 Å². The Bertz CT molecular complexity index is 573. The van der Waals surface area contributed by atoms with Gasteiger partial charge in [0.05, 0.1) is 0 Å². The Labute approximate surface area is 134 Å². The number of pyridine rings is 1. The second-order valence-corrected chi connectivity index (χ2v) is 6.50. The smallest absolute Gasteiger partial charge is 0.0410 e. The molecule has 3 rings (SSSR count). The van der Waals surface area contributed by atoms with Gasteiger partial charge in [-0.2, -0.15) is 0 Å². The Kier molecular flexibility index (Phi) is 5.01.